The molecular formula is C15H23NO4. The number of nitrogens with zero attached hydrogens (tertiary/aromatic N) is 1. The number of carbonyl (C=O) groups is 1. The van der Waals surface area contributed by atoms with Gasteiger partial charge >= 0.3 is 5.97 Å². The van der Waals surface area contributed by atoms with E-state index in [1.54, 1.807) is 6.92 Å². The van der Waals surface area contributed by atoms with Gasteiger partial charge in [-0.25, -0.2) is 0 Å². The van der Waals surface area contributed by atoms with E-state index in [1.807, 2.05) is 36.1 Å². The average molecular weight is 281 g/mol. The van der Waals surface area contributed by atoms with Gasteiger partial charge in [0, 0.05) is 19.6 Å². The number of hydrogen-bond donors (Lipinski definition) is 2. The number of carboxylic acid groups (broad SMARTS) is 1. The Kier molecular flexibility index (Phi) is 7.04. The molecule has 0 bridgehead atoms. The van der Waals surface area contributed by atoms with Gasteiger partial charge in [-0.2, -0.15) is 0 Å². The monoisotopic (exact) mass is 281 g/mol. The van der Waals surface area contributed by atoms with Crippen molar-refractivity contribution in [1.82, 2.24) is 4.90 Å². The second-order valence-electron chi connectivity index (χ2n) is 4.95. The van der Waals surface area contributed by atoms with Gasteiger partial charge in [-0.3, -0.25) is 9.69 Å². The van der Waals surface area contributed by atoms with E-state index in [0.29, 0.717) is 26.2 Å². The van der Waals surface area contributed by atoms with E-state index >= 15 is 0 Å². The van der Waals surface area contributed by atoms with Gasteiger partial charge in [0.15, 0.2) is 0 Å². The Hall–Kier alpha value is -1.59. The van der Waals surface area contributed by atoms with Gasteiger partial charge in [0.1, 0.15) is 12.4 Å². The molecular weight excluding hydrogens is 258 g/mol. The Morgan fingerprint density at radius 2 is 1.95 bits per heavy atom. The van der Waals surface area contributed by atoms with E-state index in [1.165, 1.54) is 5.56 Å². The summed E-state index contributed by atoms with van der Waals surface area (Å²) < 4.78 is 5.61. The molecule has 0 fully saturated rings. The van der Waals surface area contributed by atoms with Crippen molar-refractivity contribution < 1.29 is 19.7 Å². The zero-order valence-corrected chi connectivity index (χ0v) is 12.1. The van der Waals surface area contributed by atoms with Crippen molar-refractivity contribution in [3.05, 3.63) is 29.8 Å². The van der Waals surface area contributed by atoms with Crippen molar-refractivity contribution in [2.45, 2.75) is 26.4 Å². The third kappa shape index (κ3) is 7.11. The first-order chi connectivity index (χ1) is 9.47. The van der Waals surface area contributed by atoms with Gasteiger partial charge in [-0.15, -0.1) is 0 Å². The zero-order valence-electron chi connectivity index (χ0n) is 12.1. The number of rotatable bonds is 9. The Bertz CT molecular complexity index is 403. The molecule has 5 heteroatoms. The number of aliphatic hydroxyl groups is 1. The molecule has 0 aromatic heterocycles. The predicted molar refractivity (Wildman–Crippen MR) is 77.0 cm³/mol. The maximum atomic E-state index is 10.6. The molecule has 0 amide bonds. The molecule has 2 N–H and O–H groups in total. The molecule has 0 aliphatic carbocycles. The first kappa shape index (κ1) is 16.5. The van der Waals surface area contributed by atoms with Gasteiger partial charge in [0.25, 0.3) is 0 Å². The van der Waals surface area contributed by atoms with E-state index in [0.717, 1.165) is 5.75 Å². The Balaban J connectivity index is 2.36. The number of benzene rings is 1. The number of hydrogen-bond acceptors (Lipinski definition) is 4. The summed E-state index contributed by atoms with van der Waals surface area (Å²) in [4.78, 5) is 12.5. The lowest BCUT2D eigenvalue weighted by Gasteiger charge is -2.23. The van der Waals surface area contributed by atoms with Crippen molar-refractivity contribution in [3.8, 4) is 5.75 Å². The van der Waals surface area contributed by atoms with E-state index in [2.05, 4.69) is 0 Å². The normalized spacial score (nSPS) is 12.4. The van der Waals surface area contributed by atoms with Crippen LogP contribution < -0.4 is 4.74 Å². The molecule has 20 heavy (non-hydrogen) atoms. The summed E-state index contributed by atoms with van der Waals surface area (Å²) >= 11 is 0. The minimum absolute atomic E-state index is 0.0667. The molecule has 1 atom stereocenters. The van der Waals surface area contributed by atoms with Crippen molar-refractivity contribution in [2.24, 2.45) is 0 Å². The molecule has 1 rings (SSSR count). The smallest absolute Gasteiger partial charge is 0.304 e. The second-order valence-corrected chi connectivity index (χ2v) is 4.95. The predicted octanol–water partition coefficient (Wildman–Crippen LogP) is 1.53. The molecule has 0 saturated carbocycles. The van der Waals surface area contributed by atoms with E-state index < -0.39 is 12.1 Å². The molecule has 112 valence electrons. The third-order valence-corrected chi connectivity index (χ3v) is 2.86. The third-order valence-electron chi connectivity index (χ3n) is 2.86. The van der Waals surface area contributed by atoms with E-state index in [-0.39, 0.29) is 6.42 Å². The van der Waals surface area contributed by atoms with Gasteiger partial charge < -0.3 is 14.9 Å². The van der Waals surface area contributed by atoms with Crippen molar-refractivity contribution >= 4 is 5.97 Å². The highest BCUT2D eigenvalue weighted by molar-refractivity contribution is 5.66. The number of ether oxygens (including phenoxy) is 1. The van der Waals surface area contributed by atoms with Crippen LogP contribution in [-0.4, -0.2) is 53.4 Å². The fourth-order valence-corrected chi connectivity index (χ4v) is 1.85. The molecule has 0 spiro atoms. The first-order valence-corrected chi connectivity index (χ1v) is 6.79. The Morgan fingerprint density at radius 1 is 1.30 bits per heavy atom. The summed E-state index contributed by atoms with van der Waals surface area (Å²) in [6.45, 7) is 5.62. The van der Waals surface area contributed by atoms with Crippen LogP contribution in [0.2, 0.25) is 0 Å². The van der Waals surface area contributed by atoms with Gasteiger partial charge in [0.2, 0.25) is 0 Å². The molecule has 1 aromatic rings. The fourth-order valence-electron chi connectivity index (χ4n) is 1.85. The lowest BCUT2D eigenvalue weighted by Crippen LogP contribution is -2.36. The van der Waals surface area contributed by atoms with Crippen molar-refractivity contribution in [1.29, 1.82) is 0 Å². The van der Waals surface area contributed by atoms with Crippen LogP contribution in [0.3, 0.4) is 0 Å². The molecule has 0 heterocycles. The van der Waals surface area contributed by atoms with Crippen molar-refractivity contribution in [2.75, 3.05) is 26.2 Å². The highest BCUT2D eigenvalue weighted by Gasteiger charge is 2.10. The Morgan fingerprint density at radius 3 is 2.50 bits per heavy atom. The van der Waals surface area contributed by atoms with Crippen LogP contribution in [0.25, 0.3) is 0 Å². The van der Waals surface area contributed by atoms with Crippen LogP contribution in [0.5, 0.6) is 5.75 Å². The van der Waals surface area contributed by atoms with Crippen LogP contribution >= 0.6 is 0 Å². The standard InChI is InChI=1S/C15H23NO4/c1-12-3-5-14(6-4-12)20-10-9-16(11-13(2)17)8-7-15(18)19/h3-6,13,17H,7-11H2,1-2H3,(H,18,19). The fraction of sp³-hybridized carbons (Fsp3) is 0.533. The number of aliphatic carboxylic acids is 1. The second kappa shape index (κ2) is 8.55. The lowest BCUT2D eigenvalue weighted by molar-refractivity contribution is -0.137. The molecule has 1 aromatic carbocycles. The SMILES string of the molecule is Cc1ccc(OCCN(CCC(=O)O)CC(C)O)cc1. The zero-order chi connectivity index (χ0) is 15.0. The lowest BCUT2D eigenvalue weighted by atomic mass is 10.2. The quantitative estimate of drug-likeness (QED) is 0.718. The molecule has 0 aliphatic rings. The van der Waals surface area contributed by atoms with Crippen LogP contribution in [0, 0.1) is 6.92 Å². The van der Waals surface area contributed by atoms with Crippen LogP contribution in [0.15, 0.2) is 24.3 Å². The van der Waals surface area contributed by atoms with Crippen molar-refractivity contribution in [3.63, 3.8) is 0 Å². The van der Waals surface area contributed by atoms with Crippen LogP contribution in [0.4, 0.5) is 0 Å². The van der Waals surface area contributed by atoms with E-state index in [4.69, 9.17) is 9.84 Å². The highest BCUT2D eigenvalue weighted by Crippen LogP contribution is 2.11. The summed E-state index contributed by atoms with van der Waals surface area (Å²) in [6, 6.07) is 7.78. The molecule has 5 nitrogen and oxygen atoms in total. The first-order valence-electron chi connectivity index (χ1n) is 6.79. The average Bonchev–Trinajstić information content (AvgIpc) is 2.37. The minimum Gasteiger partial charge on any atom is -0.492 e. The summed E-state index contributed by atoms with van der Waals surface area (Å²) in [5, 5.41) is 18.1. The molecule has 0 radical (unpaired) electrons. The number of carboxylic acids is 1. The maximum absolute atomic E-state index is 10.6. The number of aliphatic hydroxyl groups excluding tert-OH is 1. The maximum Gasteiger partial charge on any atom is 0.304 e. The molecule has 0 aliphatic heterocycles. The van der Waals surface area contributed by atoms with Crippen LogP contribution in [0.1, 0.15) is 18.9 Å². The number of aryl methyl sites for hydroxylation is 1. The van der Waals surface area contributed by atoms with E-state index in [9.17, 15) is 9.90 Å². The van der Waals surface area contributed by atoms with Gasteiger partial charge in [-0.1, -0.05) is 17.7 Å². The highest BCUT2D eigenvalue weighted by atomic mass is 16.5. The summed E-state index contributed by atoms with van der Waals surface area (Å²) in [6.07, 6.45) is -0.416. The summed E-state index contributed by atoms with van der Waals surface area (Å²) in [5.74, 6) is -0.0362. The largest absolute Gasteiger partial charge is 0.492 e. The molecule has 0 saturated heterocycles. The van der Waals surface area contributed by atoms with Crippen LogP contribution in [-0.2, 0) is 4.79 Å². The topological polar surface area (TPSA) is 70.0 Å². The van der Waals surface area contributed by atoms with Gasteiger partial charge in [-0.05, 0) is 26.0 Å². The summed E-state index contributed by atoms with van der Waals surface area (Å²) in [7, 11) is 0. The van der Waals surface area contributed by atoms with Gasteiger partial charge in [0.05, 0.1) is 12.5 Å². The molecule has 1 unspecified atom stereocenters. The Labute approximate surface area is 119 Å². The summed E-state index contributed by atoms with van der Waals surface area (Å²) in [5.41, 5.74) is 1.18. The minimum atomic E-state index is -0.833.